The number of ether oxygens (including phenoxy) is 1. The third-order valence-electron chi connectivity index (χ3n) is 4.23. The van der Waals surface area contributed by atoms with Crippen LogP contribution < -0.4 is 4.72 Å². The second-order valence-electron chi connectivity index (χ2n) is 6.02. The molecule has 0 fully saturated rings. The fourth-order valence-corrected chi connectivity index (χ4v) is 4.12. The van der Waals surface area contributed by atoms with Crippen molar-refractivity contribution in [3.63, 3.8) is 0 Å². The van der Waals surface area contributed by atoms with Gasteiger partial charge in [-0.05, 0) is 38.2 Å². The summed E-state index contributed by atoms with van der Waals surface area (Å²) in [6.07, 6.45) is 0. The van der Waals surface area contributed by atoms with Crippen molar-refractivity contribution in [3.8, 4) is 0 Å². The van der Waals surface area contributed by atoms with E-state index in [2.05, 4.69) is 9.71 Å². The minimum atomic E-state index is -3.84. The van der Waals surface area contributed by atoms with Gasteiger partial charge in [0.2, 0.25) is 15.8 Å². The molecule has 9 heteroatoms. The summed E-state index contributed by atoms with van der Waals surface area (Å²) < 4.78 is 31.2. The lowest BCUT2D eigenvalue weighted by atomic mass is 10.1. The van der Waals surface area contributed by atoms with Crippen molar-refractivity contribution >= 4 is 44.3 Å². The number of rotatable bonds is 6. The molecule has 0 saturated carbocycles. The van der Waals surface area contributed by atoms with Gasteiger partial charge in [-0.3, -0.25) is 4.79 Å². The summed E-state index contributed by atoms with van der Waals surface area (Å²) in [5.41, 5.74) is 1.92. The van der Waals surface area contributed by atoms with E-state index in [0.717, 1.165) is 17.0 Å². The summed E-state index contributed by atoms with van der Waals surface area (Å²) in [7, 11) is -2.61. The Bertz CT molecular complexity index is 1180. The third-order valence-corrected chi connectivity index (χ3v) is 6.13. The quantitative estimate of drug-likeness (QED) is 0.471. The maximum absolute atomic E-state index is 12.6. The summed E-state index contributed by atoms with van der Waals surface area (Å²) in [4.78, 5) is 27.8. The Balaban J connectivity index is 1.80. The predicted molar refractivity (Wildman–Crippen MR) is 105 cm³/mol. The van der Waals surface area contributed by atoms with Crippen molar-refractivity contribution in [1.29, 1.82) is 0 Å². The number of aromatic amines is 1. The Morgan fingerprint density at radius 3 is 2.61 bits per heavy atom. The van der Waals surface area contributed by atoms with Crippen LogP contribution in [0.3, 0.4) is 0 Å². The highest BCUT2D eigenvalue weighted by Gasteiger charge is 2.21. The van der Waals surface area contributed by atoms with E-state index in [-0.39, 0.29) is 21.3 Å². The molecule has 146 valence electrons. The molecule has 0 aliphatic heterocycles. The number of carbonyl (C=O) groups is 2. The highest BCUT2D eigenvalue weighted by atomic mass is 35.5. The van der Waals surface area contributed by atoms with Gasteiger partial charge in [0.25, 0.3) is 0 Å². The van der Waals surface area contributed by atoms with Gasteiger partial charge >= 0.3 is 5.97 Å². The molecule has 3 rings (SSSR count). The fourth-order valence-electron chi connectivity index (χ4n) is 2.87. The first kappa shape index (κ1) is 20.1. The molecule has 3 aromatic rings. The number of ketones is 1. The molecule has 0 aliphatic rings. The molecule has 2 aromatic carbocycles. The maximum atomic E-state index is 12.6. The number of H-pyrrole nitrogens is 1. The highest BCUT2D eigenvalue weighted by molar-refractivity contribution is 7.89. The molecule has 0 atom stereocenters. The zero-order valence-corrected chi connectivity index (χ0v) is 16.6. The van der Waals surface area contributed by atoms with Gasteiger partial charge in [0.1, 0.15) is 4.90 Å². The van der Waals surface area contributed by atoms with E-state index in [1.807, 2.05) is 24.3 Å². The lowest BCUT2D eigenvalue weighted by Gasteiger charge is -2.08. The number of carbonyl (C=O) groups excluding carboxylic acids is 2. The van der Waals surface area contributed by atoms with Crippen LogP contribution in [-0.4, -0.2) is 38.8 Å². The van der Waals surface area contributed by atoms with Crippen LogP contribution in [0.1, 0.15) is 26.4 Å². The smallest absolute Gasteiger partial charge is 0.338 e. The first-order valence-electron chi connectivity index (χ1n) is 8.25. The van der Waals surface area contributed by atoms with Crippen LogP contribution in [-0.2, 0) is 14.8 Å². The minimum Gasteiger partial charge on any atom is -0.454 e. The molecule has 0 saturated heterocycles. The van der Waals surface area contributed by atoms with Crippen LogP contribution in [0.15, 0.2) is 47.4 Å². The number of nitrogens with one attached hydrogen (secondary N) is 2. The number of aromatic nitrogens is 1. The molecule has 1 heterocycles. The topological polar surface area (TPSA) is 105 Å². The van der Waals surface area contributed by atoms with E-state index in [1.54, 1.807) is 6.92 Å². The Kier molecular flexibility index (Phi) is 5.55. The van der Waals surface area contributed by atoms with Crippen LogP contribution in [0.2, 0.25) is 5.02 Å². The van der Waals surface area contributed by atoms with Gasteiger partial charge < -0.3 is 9.72 Å². The van der Waals surface area contributed by atoms with Crippen molar-refractivity contribution < 1.29 is 22.7 Å². The Morgan fingerprint density at radius 1 is 1.18 bits per heavy atom. The van der Waals surface area contributed by atoms with Gasteiger partial charge in [-0.1, -0.05) is 29.8 Å². The van der Waals surface area contributed by atoms with Gasteiger partial charge in [-0.25, -0.2) is 17.9 Å². The Hall–Kier alpha value is -2.68. The Labute approximate surface area is 166 Å². The molecule has 0 aliphatic carbocycles. The number of esters is 1. The Morgan fingerprint density at radius 2 is 1.89 bits per heavy atom. The molecular weight excluding hydrogens is 404 g/mol. The van der Waals surface area contributed by atoms with Crippen LogP contribution in [0, 0.1) is 6.92 Å². The van der Waals surface area contributed by atoms with E-state index < -0.39 is 22.6 Å². The van der Waals surface area contributed by atoms with Crippen LogP contribution in [0.5, 0.6) is 0 Å². The third kappa shape index (κ3) is 3.80. The number of para-hydroxylation sites is 1. The SMILES string of the molecule is CNS(=O)(=O)c1cc(C(=O)OCC(=O)c2c(C)[nH]c3ccccc23)ccc1Cl. The molecular formula is C19H17ClN2O5S. The van der Waals surface area contributed by atoms with Gasteiger partial charge in [-0.15, -0.1) is 0 Å². The minimum absolute atomic E-state index is 0.0262. The number of hydrogen-bond acceptors (Lipinski definition) is 5. The van der Waals surface area contributed by atoms with E-state index in [4.69, 9.17) is 16.3 Å². The van der Waals surface area contributed by atoms with E-state index >= 15 is 0 Å². The van der Waals surface area contributed by atoms with Crippen molar-refractivity contribution in [3.05, 3.63) is 64.3 Å². The number of halogens is 1. The number of benzene rings is 2. The van der Waals surface area contributed by atoms with Crippen LogP contribution >= 0.6 is 11.6 Å². The predicted octanol–water partition coefficient (Wildman–Crippen LogP) is 3.08. The largest absolute Gasteiger partial charge is 0.454 e. The van der Waals surface area contributed by atoms with E-state index in [9.17, 15) is 18.0 Å². The summed E-state index contributed by atoms with van der Waals surface area (Å²) in [6.45, 7) is 1.29. The number of Topliss-reactive ketones (excluding diaryl/α,β-unsaturated/α-hetero) is 1. The first-order valence-corrected chi connectivity index (χ1v) is 10.1. The molecule has 7 nitrogen and oxygen atoms in total. The van der Waals surface area contributed by atoms with E-state index in [1.165, 1.54) is 19.2 Å². The second-order valence-corrected chi connectivity index (χ2v) is 8.28. The first-order chi connectivity index (χ1) is 13.2. The number of fused-ring (bicyclic) bond motifs is 1. The maximum Gasteiger partial charge on any atom is 0.338 e. The zero-order chi connectivity index (χ0) is 20.5. The second kappa shape index (κ2) is 7.75. The average molecular weight is 421 g/mol. The lowest BCUT2D eigenvalue weighted by molar-refractivity contribution is 0.0474. The van der Waals surface area contributed by atoms with Crippen molar-refractivity contribution in [2.24, 2.45) is 0 Å². The molecule has 2 N–H and O–H groups in total. The van der Waals surface area contributed by atoms with Gasteiger partial charge in [-0.2, -0.15) is 0 Å². The molecule has 0 amide bonds. The van der Waals surface area contributed by atoms with E-state index in [0.29, 0.717) is 11.3 Å². The van der Waals surface area contributed by atoms with Crippen LogP contribution in [0.4, 0.5) is 0 Å². The summed E-state index contributed by atoms with van der Waals surface area (Å²) >= 11 is 5.90. The summed E-state index contributed by atoms with van der Waals surface area (Å²) in [5, 5.41) is 0.714. The molecule has 1 aromatic heterocycles. The van der Waals surface area contributed by atoms with Crippen molar-refractivity contribution in [2.75, 3.05) is 13.7 Å². The molecule has 0 spiro atoms. The number of hydrogen-bond donors (Lipinski definition) is 2. The molecule has 0 radical (unpaired) electrons. The monoisotopic (exact) mass is 420 g/mol. The summed E-state index contributed by atoms with van der Waals surface area (Å²) in [5.74, 6) is -1.18. The number of sulfonamides is 1. The summed E-state index contributed by atoms with van der Waals surface area (Å²) in [6, 6.07) is 11.1. The van der Waals surface area contributed by atoms with Crippen molar-refractivity contribution in [2.45, 2.75) is 11.8 Å². The van der Waals surface area contributed by atoms with Gasteiger partial charge in [0.15, 0.2) is 6.61 Å². The van der Waals surface area contributed by atoms with Crippen molar-refractivity contribution in [1.82, 2.24) is 9.71 Å². The average Bonchev–Trinajstić information content (AvgIpc) is 3.01. The normalized spacial score (nSPS) is 11.5. The van der Waals surface area contributed by atoms with Gasteiger partial charge in [0.05, 0.1) is 10.6 Å². The standard InChI is InChI=1S/C19H17ClN2O5S/c1-11-18(13-5-3-4-6-15(13)22-11)16(23)10-27-19(24)12-7-8-14(20)17(9-12)28(25,26)21-2/h3-9,21-22H,10H2,1-2H3. The lowest BCUT2D eigenvalue weighted by Crippen LogP contribution is -2.20. The molecule has 28 heavy (non-hydrogen) atoms. The zero-order valence-electron chi connectivity index (χ0n) is 15.1. The fraction of sp³-hybridized carbons (Fsp3) is 0.158. The number of aryl methyl sites for hydroxylation is 1. The molecule has 0 bridgehead atoms. The van der Waals surface area contributed by atoms with Gasteiger partial charge in [0, 0.05) is 22.2 Å². The highest BCUT2D eigenvalue weighted by Crippen LogP contribution is 2.24. The van der Waals surface area contributed by atoms with Crippen LogP contribution in [0.25, 0.3) is 10.9 Å². The molecule has 0 unspecified atom stereocenters.